The van der Waals surface area contributed by atoms with E-state index >= 15 is 0 Å². The standard InChI is InChI=1S/C19H25FN2O2/c1-3-8-22-17-7-5-15(19(22)24)11-21(12-17)18(23)10-14-4-6-16(20)9-13(14)2/h4,6,9,15,17H,3,5,7-8,10-12H2,1-2H3/t15-,17+/m0/s1. The van der Waals surface area contributed by atoms with E-state index in [0.29, 0.717) is 13.1 Å². The van der Waals surface area contributed by atoms with Crippen LogP contribution in [0.15, 0.2) is 18.2 Å². The minimum atomic E-state index is -0.280. The first-order chi connectivity index (χ1) is 11.5. The number of hydrogen-bond donors (Lipinski definition) is 0. The second-order valence-electron chi connectivity index (χ2n) is 7.01. The lowest BCUT2D eigenvalue weighted by atomic mass is 9.94. The van der Waals surface area contributed by atoms with Crippen molar-refractivity contribution < 1.29 is 14.0 Å². The first kappa shape index (κ1) is 16.9. The van der Waals surface area contributed by atoms with Crippen molar-refractivity contribution in [3.8, 4) is 0 Å². The van der Waals surface area contributed by atoms with Gasteiger partial charge in [-0.15, -0.1) is 0 Å². The highest BCUT2D eigenvalue weighted by molar-refractivity contribution is 5.84. The molecular weight excluding hydrogens is 307 g/mol. The zero-order chi connectivity index (χ0) is 17.3. The Labute approximate surface area is 142 Å². The molecule has 4 rings (SSSR count). The quantitative estimate of drug-likeness (QED) is 0.850. The van der Waals surface area contributed by atoms with Gasteiger partial charge < -0.3 is 9.80 Å². The number of rotatable bonds is 4. The number of hydrogen-bond acceptors (Lipinski definition) is 2. The van der Waals surface area contributed by atoms with Crippen molar-refractivity contribution in [2.24, 2.45) is 5.92 Å². The molecule has 0 saturated carbocycles. The molecule has 24 heavy (non-hydrogen) atoms. The van der Waals surface area contributed by atoms with Gasteiger partial charge in [0.25, 0.3) is 0 Å². The SMILES string of the molecule is CCCN1C(=O)[C@H]2CC[C@@H]1CN(C(=O)Cc1ccc(F)cc1C)C2. The number of nitrogens with zero attached hydrogens (tertiary/aromatic N) is 2. The molecule has 2 atom stereocenters. The first-order valence-corrected chi connectivity index (χ1v) is 8.83. The van der Waals surface area contributed by atoms with Gasteiger partial charge in [0.15, 0.2) is 0 Å². The first-order valence-electron chi connectivity index (χ1n) is 8.83. The van der Waals surface area contributed by atoms with Gasteiger partial charge in [-0.3, -0.25) is 9.59 Å². The summed E-state index contributed by atoms with van der Waals surface area (Å²) < 4.78 is 13.2. The van der Waals surface area contributed by atoms with E-state index in [4.69, 9.17) is 0 Å². The summed E-state index contributed by atoms with van der Waals surface area (Å²) in [6.45, 7) is 5.82. The van der Waals surface area contributed by atoms with Crippen molar-refractivity contribution in [3.05, 3.63) is 35.1 Å². The lowest BCUT2D eigenvalue weighted by Gasteiger charge is -2.35. The van der Waals surface area contributed by atoms with Gasteiger partial charge in [-0.1, -0.05) is 13.0 Å². The highest BCUT2D eigenvalue weighted by Gasteiger charge is 2.41. The number of piperidine rings is 1. The number of carbonyl (C=O) groups is 2. The molecule has 4 nitrogen and oxygen atoms in total. The molecule has 0 N–H and O–H groups in total. The molecule has 3 heterocycles. The molecule has 2 amide bonds. The van der Waals surface area contributed by atoms with E-state index in [1.165, 1.54) is 12.1 Å². The fourth-order valence-corrected chi connectivity index (χ4v) is 3.91. The van der Waals surface area contributed by atoms with Gasteiger partial charge in [-0.25, -0.2) is 4.39 Å². The molecule has 0 radical (unpaired) electrons. The smallest absolute Gasteiger partial charge is 0.227 e. The lowest BCUT2D eigenvalue weighted by molar-refractivity contribution is -0.139. The summed E-state index contributed by atoms with van der Waals surface area (Å²) in [6.07, 6.45) is 3.07. The highest BCUT2D eigenvalue weighted by Crippen LogP contribution is 2.29. The molecular formula is C19H25FN2O2. The predicted octanol–water partition coefficient (Wildman–Crippen LogP) is 2.54. The molecule has 3 aliphatic rings. The van der Waals surface area contributed by atoms with Crippen molar-refractivity contribution in [1.82, 2.24) is 9.80 Å². The van der Waals surface area contributed by atoms with Gasteiger partial charge in [0.05, 0.1) is 12.3 Å². The molecule has 1 aromatic carbocycles. The number of aryl methyl sites for hydroxylation is 1. The van der Waals surface area contributed by atoms with Crippen LogP contribution >= 0.6 is 0 Å². The van der Waals surface area contributed by atoms with E-state index in [1.807, 2.05) is 16.7 Å². The van der Waals surface area contributed by atoms with Crippen LogP contribution in [0.3, 0.4) is 0 Å². The minimum absolute atomic E-state index is 0.0350. The third-order valence-corrected chi connectivity index (χ3v) is 5.26. The monoisotopic (exact) mass is 332 g/mol. The van der Waals surface area contributed by atoms with Gasteiger partial charge in [0.1, 0.15) is 5.82 Å². The maximum atomic E-state index is 13.2. The molecule has 5 heteroatoms. The van der Waals surface area contributed by atoms with Crippen LogP contribution in [-0.4, -0.2) is 47.3 Å². The fourth-order valence-electron chi connectivity index (χ4n) is 3.91. The van der Waals surface area contributed by atoms with Gasteiger partial charge in [0, 0.05) is 25.7 Å². The van der Waals surface area contributed by atoms with Crippen molar-refractivity contribution >= 4 is 11.8 Å². The fraction of sp³-hybridized carbons (Fsp3) is 0.579. The maximum Gasteiger partial charge on any atom is 0.227 e. The van der Waals surface area contributed by atoms with E-state index in [-0.39, 0.29) is 36.0 Å². The lowest BCUT2D eigenvalue weighted by Crippen LogP contribution is -2.48. The number of carbonyl (C=O) groups excluding carboxylic acids is 2. The summed E-state index contributed by atoms with van der Waals surface area (Å²) in [6, 6.07) is 4.69. The number of benzene rings is 1. The Morgan fingerprint density at radius 1 is 1.29 bits per heavy atom. The second-order valence-corrected chi connectivity index (χ2v) is 7.01. The van der Waals surface area contributed by atoms with E-state index in [0.717, 1.165) is 36.9 Å². The molecule has 0 aliphatic carbocycles. The zero-order valence-electron chi connectivity index (χ0n) is 14.4. The third kappa shape index (κ3) is 3.30. The number of fused-ring (bicyclic) bond motifs is 4. The number of halogens is 1. The molecule has 3 saturated heterocycles. The average molecular weight is 332 g/mol. The Morgan fingerprint density at radius 2 is 2.08 bits per heavy atom. The van der Waals surface area contributed by atoms with Crippen molar-refractivity contribution in [2.75, 3.05) is 19.6 Å². The molecule has 0 aromatic heterocycles. The summed E-state index contributed by atoms with van der Waals surface area (Å²) >= 11 is 0. The van der Waals surface area contributed by atoms with E-state index in [9.17, 15) is 14.0 Å². The van der Waals surface area contributed by atoms with E-state index in [1.54, 1.807) is 6.07 Å². The molecule has 1 aromatic rings. The second kappa shape index (κ2) is 6.91. The zero-order valence-corrected chi connectivity index (χ0v) is 14.4. The molecule has 0 spiro atoms. The number of amides is 2. The summed E-state index contributed by atoms with van der Waals surface area (Å²) in [5.74, 6) is -0.0972. The van der Waals surface area contributed by atoms with Crippen molar-refractivity contribution in [3.63, 3.8) is 0 Å². The van der Waals surface area contributed by atoms with Crippen LogP contribution in [0.2, 0.25) is 0 Å². The van der Waals surface area contributed by atoms with Crippen LogP contribution in [0.4, 0.5) is 4.39 Å². The normalized spacial score (nSPS) is 23.5. The summed E-state index contributed by atoms with van der Waals surface area (Å²) in [7, 11) is 0. The Bertz CT molecular complexity index is 646. The predicted molar refractivity (Wildman–Crippen MR) is 89.9 cm³/mol. The van der Waals surface area contributed by atoms with Gasteiger partial charge in [-0.2, -0.15) is 0 Å². The van der Waals surface area contributed by atoms with Crippen LogP contribution in [-0.2, 0) is 16.0 Å². The third-order valence-electron chi connectivity index (χ3n) is 5.26. The Hall–Kier alpha value is -1.91. The molecule has 0 unspecified atom stereocenters. The largest absolute Gasteiger partial charge is 0.340 e. The van der Waals surface area contributed by atoms with Crippen LogP contribution in [0.5, 0.6) is 0 Å². The van der Waals surface area contributed by atoms with Gasteiger partial charge in [-0.05, 0) is 49.4 Å². The summed E-state index contributed by atoms with van der Waals surface area (Å²) in [5, 5.41) is 0. The van der Waals surface area contributed by atoms with Gasteiger partial charge in [0.2, 0.25) is 11.8 Å². The highest BCUT2D eigenvalue weighted by atomic mass is 19.1. The van der Waals surface area contributed by atoms with E-state index in [2.05, 4.69) is 6.92 Å². The van der Waals surface area contributed by atoms with Crippen LogP contribution in [0, 0.1) is 18.7 Å². The van der Waals surface area contributed by atoms with Crippen LogP contribution in [0.25, 0.3) is 0 Å². The van der Waals surface area contributed by atoms with Crippen LogP contribution < -0.4 is 0 Å². The Balaban J connectivity index is 1.73. The topological polar surface area (TPSA) is 40.6 Å². The molecule has 2 bridgehead atoms. The molecule has 3 aliphatic heterocycles. The maximum absolute atomic E-state index is 13.2. The Morgan fingerprint density at radius 3 is 2.79 bits per heavy atom. The minimum Gasteiger partial charge on any atom is -0.340 e. The van der Waals surface area contributed by atoms with E-state index < -0.39 is 0 Å². The molecule has 130 valence electrons. The van der Waals surface area contributed by atoms with Crippen molar-refractivity contribution in [2.45, 2.75) is 45.6 Å². The van der Waals surface area contributed by atoms with Crippen molar-refractivity contribution in [1.29, 1.82) is 0 Å². The average Bonchev–Trinajstić information content (AvgIpc) is 2.83. The summed E-state index contributed by atoms with van der Waals surface area (Å²) in [5.41, 5.74) is 1.65. The summed E-state index contributed by atoms with van der Waals surface area (Å²) in [4.78, 5) is 29.1. The van der Waals surface area contributed by atoms with Gasteiger partial charge >= 0.3 is 0 Å². The Kier molecular flexibility index (Phi) is 4.88. The van der Waals surface area contributed by atoms with Crippen LogP contribution in [0.1, 0.15) is 37.3 Å². The molecule has 3 fully saturated rings.